The van der Waals surface area contributed by atoms with Crippen molar-refractivity contribution in [1.29, 1.82) is 0 Å². The minimum Gasteiger partial charge on any atom is -0.323 e. The molecule has 4 heteroatoms. The highest BCUT2D eigenvalue weighted by atomic mass is 32.1. The van der Waals surface area contributed by atoms with Crippen molar-refractivity contribution >= 4 is 17.6 Å². The summed E-state index contributed by atoms with van der Waals surface area (Å²) in [4.78, 5) is 15.7. The molecule has 66 valence electrons. The van der Waals surface area contributed by atoms with Gasteiger partial charge < -0.3 is 4.57 Å². The van der Waals surface area contributed by atoms with Crippen molar-refractivity contribution < 1.29 is 4.79 Å². The van der Waals surface area contributed by atoms with Crippen LogP contribution in [0.5, 0.6) is 0 Å². The third-order valence-electron chi connectivity index (χ3n) is 1.77. The van der Waals surface area contributed by atoms with Crippen LogP contribution in [0, 0.1) is 0 Å². The summed E-state index contributed by atoms with van der Waals surface area (Å²) in [7, 11) is 0. The molecule has 0 saturated carbocycles. The number of nitrogens with zero attached hydrogens (tertiary/aromatic N) is 2. The van der Waals surface area contributed by atoms with E-state index in [2.05, 4.69) is 4.98 Å². The van der Waals surface area contributed by atoms with Crippen molar-refractivity contribution in [2.24, 2.45) is 0 Å². The summed E-state index contributed by atoms with van der Waals surface area (Å²) in [6.07, 6.45) is 4.06. The Morgan fingerprint density at radius 3 is 3.23 bits per heavy atom. The Balaban J connectivity index is 2.23. The van der Waals surface area contributed by atoms with E-state index in [1.165, 1.54) is 4.88 Å². The number of carbonyl (C=O) groups is 1. The van der Waals surface area contributed by atoms with Crippen LogP contribution >= 0.6 is 11.3 Å². The molecule has 0 spiro atoms. The smallest absolute Gasteiger partial charge is 0.168 e. The maximum atomic E-state index is 10.6. The minimum absolute atomic E-state index is 0.619. The number of thiophene rings is 1. The van der Waals surface area contributed by atoms with E-state index in [1.807, 2.05) is 22.1 Å². The van der Waals surface area contributed by atoms with Crippen LogP contribution in [0.3, 0.4) is 0 Å². The maximum absolute atomic E-state index is 10.6. The number of carbonyl (C=O) groups excluding carboxylic acids is 1. The van der Waals surface area contributed by atoms with Crippen molar-refractivity contribution in [2.75, 3.05) is 0 Å². The van der Waals surface area contributed by atoms with Gasteiger partial charge in [-0.15, -0.1) is 11.3 Å². The molecule has 0 atom stereocenters. The molecule has 0 unspecified atom stereocenters. The van der Waals surface area contributed by atoms with Gasteiger partial charge in [0.15, 0.2) is 6.29 Å². The van der Waals surface area contributed by atoms with E-state index in [-0.39, 0.29) is 0 Å². The molecule has 0 fully saturated rings. The zero-order valence-electron chi connectivity index (χ0n) is 6.88. The Bertz CT molecular complexity index is 391. The molecular formula is C9H8N2OS. The van der Waals surface area contributed by atoms with Crippen LogP contribution in [-0.2, 0) is 6.54 Å². The topological polar surface area (TPSA) is 34.9 Å². The summed E-state index contributed by atoms with van der Waals surface area (Å²) in [6.45, 7) is 0.728. The van der Waals surface area contributed by atoms with Gasteiger partial charge in [0, 0.05) is 4.88 Å². The lowest BCUT2D eigenvalue weighted by atomic mass is 10.4. The molecule has 0 amide bonds. The number of rotatable bonds is 3. The first-order chi connectivity index (χ1) is 6.40. The van der Waals surface area contributed by atoms with Crippen LogP contribution in [0.25, 0.3) is 0 Å². The van der Waals surface area contributed by atoms with Crippen LogP contribution in [0.1, 0.15) is 15.4 Å². The first-order valence-corrected chi connectivity index (χ1v) is 4.76. The third kappa shape index (κ3) is 1.67. The molecule has 2 rings (SSSR count). The van der Waals surface area contributed by atoms with Gasteiger partial charge in [-0.2, -0.15) is 0 Å². The minimum atomic E-state index is 0.619. The monoisotopic (exact) mass is 192 g/mol. The van der Waals surface area contributed by atoms with Gasteiger partial charge in [-0.25, -0.2) is 4.98 Å². The second kappa shape index (κ2) is 3.53. The largest absolute Gasteiger partial charge is 0.323 e. The normalized spacial score (nSPS) is 10.2. The Morgan fingerprint density at radius 1 is 1.62 bits per heavy atom. The molecule has 0 aliphatic heterocycles. The van der Waals surface area contributed by atoms with Crippen molar-refractivity contribution in [1.82, 2.24) is 9.55 Å². The molecular weight excluding hydrogens is 184 g/mol. The Morgan fingerprint density at radius 2 is 2.54 bits per heavy atom. The number of aromatic nitrogens is 2. The second-order valence-electron chi connectivity index (χ2n) is 2.64. The fraction of sp³-hybridized carbons (Fsp3) is 0.111. The number of hydrogen-bond donors (Lipinski definition) is 0. The zero-order valence-corrected chi connectivity index (χ0v) is 7.70. The van der Waals surface area contributed by atoms with E-state index in [0.717, 1.165) is 12.8 Å². The van der Waals surface area contributed by atoms with Crippen molar-refractivity contribution in [3.05, 3.63) is 40.6 Å². The number of aldehydes is 1. The standard InChI is InChI=1S/C9H8N2OS/c12-6-8-4-10-7-11(8)5-9-2-1-3-13-9/h1-4,6-7H,5H2. The Hall–Kier alpha value is -1.42. The second-order valence-corrected chi connectivity index (χ2v) is 3.68. The lowest BCUT2D eigenvalue weighted by Gasteiger charge is -2.00. The lowest BCUT2D eigenvalue weighted by Crippen LogP contribution is -2.00. The molecule has 0 bridgehead atoms. The molecule has 0 saturated heterocycles. The average molecular weight is 192 g/mol. The number of hydrogen-bond acceptors (Lipinski definition) is 3. The summed E-state index contributed by atoms with van der Waals surface area (Å²) in [5.74, 6) is 0. The quantitative estimate of drug-likeness (QED) is 0.695. The van der Waals surface area contributed by atoms with Crippen LogP contribution < -0.4 is 0 Å². The molecule has 0 N–H and O–H groups in total. The predicted octanol–water partition coefficient (Wildman–Crippen LogP) is 1.81. The molecule has 2 aromatic rings. The van der Waals surface area contributed by atoms with Crippen molar-refractivity contribution in [2.45, 2.75) is 6.54 Å². The van der Waals surface area contributed by atoms with Crippen molar-refractivity contribution in [3.63, 3.8) is 0 Å². The fourth-order valence-corrected chi connectivity index (χ4v) is 1.83. The van der Waals surface area contributed by atoms with Gasteiger partial charge in [-0.3, -0.25) is 4.79 Å². The number of imidazole rings is 1. The van der Waals surface area contributed by atoms with Crippen LogP contribution in [0.2, 0.25) is 0 Å². The molecule has 0 radical (unpaired) electrons. The first kappa shape index (κ1) is 8.19. The SMILES string of the molecule is O=Cc1cncn1Cc1cccs1. The van der Waals surface area contributed by atoms with Crippen molar-refractivity contribution in [3.8, 4) is 0 Å². The summed E-state index contributed by atoms with van der Waals surface area (Å²) in [6, 6.07) is 4.04. The molecule has 3 nitrogen and oxygen atoms in total. The van der Waals surface area contributed by atoms with Gasteiger partial charge in [0.1, 0.15) is 5.69 Å². The van der Waals surface area contributed by atoms with Gasteiger partial charge in [0.05, 0.1) is 19.1 Å². The lowest BCUT2D eigenvalue weighted by molar-refractivity contribution is 0.111. The van der Waals surface area contributed by atoms with Crippen LogP contribution in [0.15, 0.2) is 30.0 Å². The van der Waals surface area contributed by atoms with Crippen LogP contribution in [-0.4, -0.2) is 15.8 Å². The summed E-state index contributed by atoms with van der Waals surface area (Å²) >= 11 is 1.68. The van der Waals surface area contributed by atoms with E-state index >= 15 is 0 Å². The third-order valence-corrected chi connectivity index (χ3v) is 2.63. The maximum Gasteiger partial charge on any atom is 0.168 e. The van der Waals surface area contributed by atoms with E-state index in [4.69, 9.17) is 0 Å². The molecule has 0 aromatic carbocycles. The molecule has 13 heavy (non-hydrogen) atoms. The molecule has 0 aliphatic carbocycles. The van der Waals surface area contributed by atoms with Gasteiger partial charge in [-0.05, 0) is 11.4 Å². The average Bonchev–Trinajstić information content (AvgIpc) is 2.76. The highest BCUT2D eigenvalue weighted by molar-refractivity contribution is 7.09. The fourth-order valence-electron chi connectivity index (χ4n) is 1.13. The summed E-state index contributed by atoms with van der Waals surface area (Å²) < 4.78 is 1.83. The van der Waals surface area contributed by atoms with E-state index in [1.54, 1.807) is 23.9 Å². The van der Waals surface area contributed by atoms with E-state index in [9.17, 15) is 4.79 Å². The molecule has 0 aliphatic rings. The highest BCUT2D eigenvalue weighted by Crippen LogP contribution is 2.11. The van der Waals surface area contributed by atoms with Gasteiger partial charge in [-0.1, -0.05) is 6.07 Å². The predicted molar refractivity (Wildman–Crippen MR) is 51.0 cm³/mol. The van der Waals surface area contributed by atoms with Gasteiger partial charge in [0.2, 0.25) is 0 Å². The Kier molecular flexibility index (Phi) is 2.23. The molecule has 2 aromatic heterocycles. The highest BCUT2D eigenvalue weighted by Gasteiger charge is 2.01. The first-order valence-electron chi connectivity index (χ1n) is 3.88. The van der Waals surface area contributed by atoms with Gasteiger partial charge in [0.25, 0.3) is 0 Å². The zero-order chi connectivity index (χ0) is 9.10. The van der Waals surface area contributed by atoms with E-state index < -0.39 is 0 Å². The van der Waals surface area contributed by atoms with Gasteiger partial charge >= 0.3 is 0 Å². The summed E-state index contributed by atoms with van der Waals surface area (Å²) in [5, 5.41) is 2.02. The summed E-state index contributed by atoms with van der Waals surface area (Å²) in [5.41, 5.74) is 0.619. The van der Waals surface area contributed by atoms with Crippen LogP contribution in [0.4, 0.5) is 0 Å². The Labute approximate surface area is 79.7 Å². The molecule has 2 heterocycles. The van der Waals surface area contributed by atoms with E-state index in [0.29, 0.717) is 5.69 Å².